The average molecular weight is 330 g/mol. The van der Waals surface area contributed by atoms with Crippen LogP contribution in [-0.2, 0) is 4.74 Å². The second-order valence-corrected chi connectivity index (χ2v) is 6.93. The van der Waals surface area contributed by atoms with Gasteiger partial charge in [-0.05, 0) is 45.4 Å². The molecule has 24 heavy (non-hydrogen) atoms. The summed E-state index contributed by atoms with van der Waals surface area (Å²) in [5.74, 6) is 0.0782. The van der Waals surface area contributed by atoms with E-state index in [1.54, 1.807) is 24.3 Å². The molecule has 2 saturated heterocycles. The van der Waals surface area contributed by atoms with Gasteiger partial charge in [0, 0.05) is 49.5 Å². The highest BCUT2D eigenvalue weighted by molar-refractivity contribution is 5.97. The van der Waals surface area contributed by atoms with E-state index in [0.29, 0.717) is 11.1 Å². The van der Waals surface area contributed by atoms with E-state index in [0.717, 1.165) is 52.1 Å². The van der Waals surface area contributed by atoms with Crippen LogP contribution >= 0.6 is 0 Å². The highest BCUT2D eigenvalue weighted by Gasteiger charge is 2.39. The minimum atomic E-state index is 0.0202. The van der Waals surface area contributed by atoms with Gasteiger partial charge in [0.15, 0.2) is 5.78 Å². The third-order valence-corrected chi connectivity index (χ3v) is 5.61. The van der Waals surface area contributed by atoms with E-state index in [1.807, 2.05) is 4.90 Å². The van der Waals surface area contributed by atoms with Gasteiger partial charge in [0.2, 0.25) is 0 Å². The van der Waals surface area contributed by atoms with Gasteiger partial charge >= 0.3 is 0 Å². The largest absolute Gasteiger partial charge is 0.381 e. The molecule has 0 N–H and O–H groups in total. The number of ketones is 1. The normalized spacial score (nSPS) is 21.5. The quantitative estimate of drug-likeness (QED) is 0.780. The molecular weight excluding hydrogens is 304 g/mol. The molecule has 1 aromatic rings. The van der Waals surface area contributed by atoms with Crippen LogP contribution in [0.1, 0.15) is 46.9 Å². The van der Waals surface area contributed by atoms with E-state index < -0.39 is 0 Å². The fourth-order valence-electron chi connectivity index (χ4n) is 3.77. The minimum absolute atomic E-state index is 0.0202. The maximum Gasteiger partial charge on any atom is 0.253 e. The van der Waals surface area contributed by atoms with Crippen LogP contribution in [0.25, 0.3) is 0 Å². The second kappa shape index (κ2) is 7.03. The summed E-state index contributed by atoms with van der Waals surface area (Å²) in [5.41, 5.74) is 1.47. The van der Waals surface area contributed by atoms with E-state index >= 15 is 0 Å². The van der Waals surface area contributed by atoms with Crippen LogP contribution in [0.5, 0.6) is 0 Å². The minimum Gasteiger partial charge on any atom is -0.381 e. The molecule has 0 unspecified atom stereocenters. The monoisotopic (exact) mass is 330 g/mol. The Morgan fingerprint density at radius 3 is 2.21 bits per heavy atom. The lowest BCUT2D eigenvalue weighted by molar-refractivity contribution is -0.0158. The van der Waals surface area contributed by atoms with Gasteiger partial charge in [-0.15, -0.1) is 0 Å². The first kappa shape index (κ1) is 17.1. The molecule has 2 aliphatic rings. The van der Waals surface area contributed by atoms with Gasteiger partial charge in [0.25, 0.3) is 5.91 Å². The van der Waals surface area contributed by atoms with Crippen molar-refractivity contribution in [3.8, 4) is 0 Å². The van der Waals surface area contributed by atoms with Gasteiger partial charge in [-0.1, -0.05) is 12.1 Å². The van der Waals surface area contributed by atoms with Crippen LogP contribution in [0.2, 0.25) is 0 Å². The number of amides is 1. The van der Waals surface area contributed by atoms with Gasteiger partial charge in [0.05, 0.1) is 0 Å². The lowest BCUT2D eigenvalue weighted by Crippen LogP contribution is -2.50. The molecule has 3 rings (SSSR count). The number of likely N-dealkylation sites (N-methyl/N-ethyl adjacent to an activating group) is 1. The molecule has 5 heteroatoms. The van der Waals surface area contributed by atoms with Crippen LogP contribution in [0.3, 0.4) is 0 Å². The first-order valence-electron chi connectivity index (χ1n) is 8.71. The average Bonchev–Trinajstić information content (AvgIpc) is 2.76. The summed E-state index contributed by atoms with van der Waals surface area (Å²) in [4.78, 5) is 28.5. The van der Waals surface area contributed by atoms with Crippen molar-refractivity contribution in [3.63, 3.8) is 0 Å². The van der Waals surface area contributed by atoms with E-state index in [1.165, 1.54) is 6.92 Å². The maximum atomic E-state index is 12.8. The fraction of sp³-hybridized carbons (Fsp3) is 0.579. The molecule has 2 fully saturated rings. The summed E-state index contributed by atoms with van der Waals surface area (Å²) >= 11 is 0. The number of carbonyl (C=O) groups is 2. The van der Waals surface area contributed by atoms with Crippen LogP contribution < -0.4 is 0 Å². The molecule has 5 nitrogen and oxygen atoms in total. The summed E-state index contributed by atoms with van der Waals surface area (Å²) < 4.78 is 5.53. The van der Waals surface area contributed by atoms with Gasteiger partial charge < -0.3 is 9.64 Å². The zero-order valence-electron chi connectivity index (χ0n) is 14.6. The summed E-state index contributed by atoms with van der Waals surface area (Å²) in [6.45, 7) is 5.56. The Hall–Kier alpha value is -1.72. The highest BCUT2D eigenvalue weighted by Crippen LogP contribution is 2.32. The predicted molar refractivity (Wildman–Crippen MR) is 92.4 cm³/mol. The van der Waals surface area contributed by atoms with Crippen LogP contribution in [-0.4, -0.2) is 66.9 Å². The van der Waals surface area contributed by atoms with E-state index in [4.69, 9.17) is 4.74 Å². The number of hydrogen-bond donors (Lipinski definition) is 0. The Balaban J connectivity index is 1.71. The molecule has 0 saturated carbocycles. The number of rotatable bonds is 2. The number of Topliss-reactive ketones (excluding diaryl/α,β-unsaturated/α-hetero) is 1. The van der Waals surface area contributed by atoms with Crippen LogP contribution in [0.15, 0.2) is 24.3 Å². The standard InChI is InChI=1S/C19H26N2O3/c1-15(22)16-3-5-17(6-4-16)18(23)21-10-7-19(20(2)11-12-21)8-13-24-14-9-19/h3-6H,7-14H2,1-2H3. The van der Waals surface area contributed by atoms with Crippen molar-refractivity contribution >= 4 is 11.7 Å². The number of ether oxygens (including phenoxy) is 1. The van der Waals surface area contributed by atoms with Crippen molar-refractivity contribution in [2.75, 3.05) is 39.9 Å². The van der Waals surface area contributed by atoms with Gasteiger partial charge in [-0.25, -0.2) is 0 Å². The molecule has 0 aromatic heterocycles. The smallest absolute Gasteiger partial charge is 0.253 e. The Bertz CT molecular complexity index is 606. The number of benzene rings is 1. The molecule has 1 aromatic carbocycles. The lowest BCUT2D eigenvalue weighted by atomic mass is 9.85. The Kier molecular flexibility index (Phi) is 5.01. The third kappa shape index (κ3) is 3.37. The first-order chi connectivity index (χ1) is 11.5. The summed E-state index contributed by atoms with van der Waals surface area (Å²) in [5, 5.41) is 0. The van der Waals surface area contributed by atoms with Crippen LogP contribution in [0, 0.1) is 0 Å². The molecule has 2 heterocycles. The van der Waals surface area contributed by atoms with Crippen molar-refractivity contribution in [1.29, 1.82) is 0 Å². The topological polar surface area (TPSA) is 49.9 Å². The number of carbonyl (C=O) groups excluding carboxylic acids is 2. The van der Waals surface area contributed by atoms with Gasteiger partial charge in [0.1, 0.15) is 0 Å². The molecule has 1 spiro atoms. The second-order valence-electron chi connectivity index (χ2n) is 6.93. The van der Waals surface area contributed by atoms with Crippen molar-refractivity contribution in [1.82, 2.24) is 9.80 Å². The van der Waals surface area contributed by atoms with Crippen molar-refractivity contribution in [2.24, 2.45) is 0 Å². The van der Waals surface area contributed by atoms with Gasteiger partial charge in [-0.2, -0.15) is 0 Å². The molecule has 0 radical (unpaired) electrons. The van der Waals surface area contributed by atoms with E-state index in [9.17, 15) is 9.59 Å². The molecule has 1 amide bonds. The lowest BCUT2D eigenvalue weighted by Gasteiger charge is -2.43. The molecule has 2 aliphatic heterocycles. The zero-order chi connectivity index (χ0) is 17.2. The Labute approximate surface area is 143 Å². The molecule has 130 valence electrons. The van der Waals surface area contributed by atoms with E-state index in [2.05, 4.69) is 11.9 Å². The number of nitrogens with zero attached hydrogens (tertiary/aromatic N) is 2. The SMILES string of the molecule is CC(=O)c1ccc(C(=O)N2CCN(C)C3(CCOCC3)CC2)cc1. The fourth-order valence-corrected chi connectivity index (χ4v) is 3.77. The van der Waals surface area contributed by atoms with Crippen molar-refractivity contribution in [3.05, 3.63) is 35.4 Å². The summed E-state index contributed by atoms with van der Waals surface area (Å²) in [7, 11) is 2.17. The predicted octanol–water partition coefficient (Wildman–Crippen LogP) is 2.22. The first-order valence-corrected chi connectivity index (χ1v) is 8.71. The highest BCUT2D eigenvalue weighted by atomic mass is 16.5. The summed E-state index contributed by atoms with van der Waals surface area (Å²) in [6.07, 6.45) is 3.07. The number of hydrogen-bond acceptors (Lipinski definition) is 4. The van der Waals surface area contributed by atoms with Crippen molar-refractivity contribution < 1.29 is 14.3 Å². The maximum absolute atomic E-state index is 12.8. The molecular formula is C19H26N2O3. The zero-order valence-corrected chi connectivity index (χ0v) is 14.6. The van der Waals surface area contributed by atoms with Gasteiger partial charge in [-0.3, -0.25) is 14.5 Å². The molecule has 0 atom stereocenters. The van der Waals surface area contributed by atoms with Crippen molar-refractivity contribution in [2.45, 2.75) is 31.7 Å². The molecule has 0 bridgehead atoms. The third-order valence-electron chi connectivity index (χ3n) is 5.61. The van der Waals surface area contributed by atoms with E-state index in [-0.39, 0.29) is 17.2 Å². The summed E-state index contributed by atoms with van der Waals surface area (Å²) in [6, 6.07) is 6.99. The van der Waals surface area contributed by atoms with Crippen LogP contribution in [0.4, 0.5) is 0 Å². The Morgan fingerprint density at radius 1 is 0.958 bits per heavy atom. The molecule has 0 aliphatic carbocycles. The Morgan fingerprint density at radius 2 is 1.58 bits per heavy atom.